The van der Waals surface area contributed by atoms with Crippen molar-refractivity contribution in [2.45, 2.75) is 31.9 Å². The van der Waals surface area contributed by atoms with Gasteiger partial charge in [0.25, 0.3) is 0 Å². The summed E-state index contributed by atoms with van der Waals surface area (Å²) in [4.78, 5) is 4.37. The molecule has 0 saturated heterocycles. The van der Waals surface area contributed by atoms with Gasteiger partial charge in [0.05, 0.1) is 6.20 Å². The van der Waals surface area contributed by atoms with Gasteiger partial charge in [-0.15, -0.1) is 11.3 Å². The maximum absolute atomic E-state index is 6.12. The number of halogens is 2. The molecule has 0 bridgehead atoms. The molecular formula is C15H16BrClN2OS. The van der Waals surface area contributed by atoms with Crippen molar-refractivity contribution in [2.24, 2.45) is 0 Å². The van der Waals surface area contributed by atoms with Crippen LogP contribution in [0.15, 0.2) is 28.9 Å². The molecule has 2 heterocycles. The first kappa shape index (κ1) is 15.3. The van der Waals surface area contributed by atoms with E-state index in [0.717, 1.165) is 34.6 Å². The Kier molecular flexibility index (Phi) is 4.84. The number of thiazole rings is 1. The van der Waals surface area contributed by atoms with E-state index < -0.39 is 0 Å². The number of aromatic nitrogens is 1. The molecule has 0 amide bonds. The van der Waals surface area contributed by atoms with Gasteiger partial charge in [-0.25, -0.2) is 4.98 Å². The molecule has 0 aliphatic carbocycles. The summed E-state index contributed by atoms with van der Waals surface area (Å²) in [5.41, 5.74) is 1.21. The molecule has 2 unspecified atom stereocenters. The number of benzene rings is 1. The summed E-state index contributed by atoms with van der Waals surface area (Å²) in [5, 5.41) is 4.55. The minimum atomic E-state index is -0.0365. The molecule has 3 nitrogen and oxygen atoms in total. The third-order valence-corrected chi connectivity index (χ3v) is 5.18. The van der Waals surface area contributed by atoms with Crippen LogP contribution in [0.3, 0.4) is 0 Å². The lowest BCUT2D eigenvalue weighted by Crippen LogP contribution is -2.29. The van der Waals surface area contributed by atoms with E-state index in [0.29, 0.717) is 4.34 Å². The van der Waals surface area contributed by atoms with Crippen LogP contribution >= 0.6 is 38.9 Å². The molecule has 6 heteroatoms. The maximum atomic E-state index is 6.12. The Hall–Kier alpha value is -0.620. The quantitative estimate of drug-likeness (QED) is 0.790. The van der Waals surface area contributed by atoms with E-state index in [1.165, 1.54) is 16.9 Å². The molecule has 1 aromatic heterocycles. The predicted octanol–water partition coefficient (Wildman–Crippen LogP) is 5.12. The van der Waals surface area contributed by atoms with Crippen LogP contribution in [0.5, 0.6) is 5.75 Å². The average Bonchev–Trinajstić information content (AvgIpc) is 2.91. The molecule has 1 N–H and O–H groups in total. The summed E-state index contributed by atoms with van der Waals surface area (Å²) in [6, 6.07) is 6.43. The van der Waals surface area contributed by atoms with E-state index in [4.69, 9.17) is 16.3 Å². The van der Waals surface area contributed by atoms with Gasteiger partial charge in [-0.2, -0.15) is 0 Å². The van der Waals surface area contributed by atoms with Crippen molar-refractivity contribution in [2.75, 3.05) is 6.54 Å². The predicted molar refractivity (Wildman–Crippen MR) is 90.3 cm³/mol. The van der Waals surface area contributed by atoms with Crippen molar-refractivity contribution >= 4 is 38.9 Å². The van der Waals surface area contributed by atoms with Crippen LogP contribution in [-0.2, 0) is 0 Å². The Labute approximate surface area is 141 Å². The minimum absolute atomic E-state index is 0.0365. The van der Waals surface area contributed by atoms with Crippen molar-refractivity contribution in [1.29, 1.82) is 0 Å². The van der Waals surface area contributed by atoms with Crippen molar-refractivity contribution in [3.05, 3.63) is 43.8 Å². The molecule has 0 fully saturated rings. The highest BCUT2D eigenvalue weighted by atomic mass is 79.9. The van der Waals surface area contributed by atoms with Crippen LogP contribution in [0.4, 0.5) is 0 Å². The van der Waals surface area contributed by atoms with Crippen LogP contribution in [0.2, 0.25) is 4.34 Å². The maximum Gasteiger partial charge on any atom is 0.152 e. The SMILES string of the molecule is CCCNC1CC(c2ncc(Cl)s2)Oc2ccc(Br)cc21. The van der Waals surface area contributed by atoms with Crippen LogP contribution in [0.1, 0.15) is 42.5 Å². The zero-order valence-electron chi connectivity index (χ0n) is 11.6. The lowest BCUT2D eigenvalue weighted by molar-refractivity contribution is 0.151. The topological polar surface area (TPSA) is 34.2 Å². The normalized spacial score (nSPS) is 20.9. The highest BCUT2D eigenvalue weighted by molar-refractivity contribution is 9.10. The van der Waals surface area contributed by atoms with Crippen LogP contribution in [-0.4, -0.2) is 11.5 Å². The third-order valence-electron chi connectivity index (χ3n) is 3.48. The monoisotopic (exact) mass is 386 g/mol. The number of hydrogen-bond acceptors (Lipinski definition) is 4. The minimum Gasteiger partial charge on any atom is -0.483 e. The highest BCUT2D eigenvalue weighted by Crippen LogP contribution is 2.43. The molecule has 0 radical (unpaired) electrons. The number of ether oxygens (including phenoxy) is 1. The molecule has 2 atom stereocenters. The summed E-state index contributed by atoms with van der Waals surface area (Å²) in [6.07, 6.45) is 3.63. The zero-order valence-corrected chi connectivity index (χ0v) is 14.8. The second-order valence-corrected chi connectivity index (χ2v) is 7.64. The van der Waals surface area contributed by atoms with E-state index in [-0.39, 0.29) is 12.1 Å². The number of fused-ring (bicyclic) bond motifs is 1. The van der Waals surface area contributed by atoms with E-state index in [9.17, 15) is 0 Å². The Bertz CT molecular complexity index is 634. The molecule has 0 saturated carbocycles. The first-order chi connectivity index (χ1) is 10.2. The lowest BCUT2D eigenvalue weighted by Gasteiger charge is -2.32. The van der Waals surface area contributed by atoms with Crippen LogP contribution in [0, 0.1) is 0 Å². The Morgan fingerprint density at radius 1 is 1.52 bits per heavy atom. The largest absolute Gasteiger partial charge is 0.483 e. The van der Waals surface area contributed by atoms with Crippen molar-refractivity contribution in [3.8, 4) is 5.75 Å². The fourth-order valence-corrected chi connectivity index (χ4v) is 3.87. The Balaban J connectivity index is 1.90. The highest BCUT2D eigenvalue weighted by Gasteiger charge is 2.30. The fourth-order valence-electron chi connectivity index (χ4n) is 2.52. The van der Waals surface area contributed by atoms with Crippen molar-refractivity contribution < 1.29 is 4.74 Å². The number of nitrogens with zero attached hydrogens (tertiary/aromatic N) is 1. The second-order valence-electron chi connectivity index (χ2n) is 5.03. The molecule has 2 aromatic rings. The van der Waals surface area contributed by atoms with Gasteiger partial charge in [0, 0.05) is 22.5 Å². The summed E-state index contributed by atoms with van der Waals surface area (Å²) in [5.74, 6) is 0.925. The van der Waals surface area contributed by atoms with Gasteiger partial charge in [0.1, 0.15) is 15.1 Å². The molecule has 3 rings (SSSR count). The fraction of sp³-hybridized carbons (Fsp3) is 0.400. The van der Waals surface area contributed by atoms with Crippen molar-refractivity contribution in [3.63, 3.8) is 0 Å². The molecule has 1 aromatic carbocycles. The third kappa shape index (κ3) is 3.42. The summed E-state index contributed by atoms with van der Waals surface area (Å²) in [6.45, 7) is 3.16. The Morgan fingerprint density at radius 2 is 2.38 bits per heavy atom. The zero-order chi connectivity index (χ0) is 14.8. The van der Waals surface area contributed by atoms with E-state index >= 15 is 0 Å². The summed E-state index contributed by atoms with van der Waals surface area (Å²) >= 11 is 11.0. The standard InChI is InChI=1S/C15H16BrClN2OS/c1-2-5-18-11-7-13(15-19-8-14(17)21-15)20-12-4-3-9(16)6-10(11)12/h3-4,6,8,11,13,18H,2,5,7H2,1H3. The van der Waals surface area contributed by atoms with Gasteiger partial charge in [0.15, 0.2) is 6.10 Å². The van der Waals surface area contributed by atoms with Gasteiger partial charge in [-0.05, 0) is 31.2 Å². The van der Waals surface area contributed by atoms with E-state index in [2.05, 4.69) is 39.2 Å². The first-order valence-electron chi connectivity index (χ1n) is 6.98. The summed E-state index contributed by atoms with van der Waals surface area (Å²) < 4.78 is 7.90. The van der Waals surface area contributed by atoms with Gasteiger partial charge in [-0.1, -0.05) is 34.5 Å². The molecule has 112 valence electrons. The average molecular weight is 388 g/mol. The number of hydrogen-bond donors (Lipinski definition) is 1. The smallest absolute Gasteiger partial charge is 0.152 e. The van der Waals surface area contributed by atoms with E-state index in [1.54, 1.807) is 6.20 Å². The van der Waals surface area contributed by atoms with Gasteiger partial charge >= 0.3 is 0 Å². The first-order valence-corrected chi connectivity index (χ1v) is 8.97. The molecule has 1 aliphatic rings. The second kappa shape index (κ2) is 6.65. The van der Waals surface area contributed by atoms with Crippen LogP contribution < -0.4 is 10.1 Å². The lowest BCUT2D eigenvalue weighted by atomic mass is 9.96. The number of nitrogens with one attached hydrogen (secondary N) is 1. The van der Waals surface area contributed by atoms with Crippen LogP contribution in [0.25, 0.3) is 0 Å². The molecule has 1 aliphatic heterocycles. The molecular weight excluding hydrogens is 372 g/mol. The van der Waals surface area contributed by atoms with E-state index in [1.807, 2.05) is 12.1 Å². The van der Waals surface area contributed by atoms with Gasteiger partial charge < -0.3 is 10.1 Å². The van der Waals surface area contributed by atoms with Gasteiger partial charge in [0.2, 0.25) is 0 Å². The molecule has 21 heavy (non-hydrogen) atoms. The Morgan fingerprint density at radius 3 is 3.10 bits per heavy atom. The van der Waals surface area contributed by atoms with Gasteiger partial charge in [-0.3, -0.25) is 0 Å². The van der Waals surface area contributed by atoms with Crippen molar-refractivity contribution in [1.82, 2.24) is 10.3 Å². The number of rotatable bonds is 4. The molecule has 0 spiro atoms. The summed E-state index contributed by atoms with van der Waals surface area (Å²) in [7, 11) is 0.